The molecule has 0 aliphatic carbocycles. The molecule has 0 N–H and O–H groups in total. The predicted molar refractivity (Wildman–Crippen MR) is 49.8 cm³/mol. The van der Waals surface area contributed by atoms with Gasteiger partial charge in [-0.15, -0.1) is 0 Å². The lowest BCUT2D eigenvalue weighted by atomic mass is 10.1. The average Bonchev–Trinajstić information content (AvgIpc) is 2.11. The Morgan fingerprint density at radius 1 is 1.58 bits per heavy atom. The Balaban J connectivity index is 4.13. The number of esters is 1. The lowest BCUT2D eigenvalue weighted by Gasteiger charge is -2.02. The molecule has 0 fully saturated rings. The molecule has 0 aliphatic heterocycles. The molecule has 0 amide bonds. The van der Waals surface area contributed by atoms with Gasteiger partial charge in [0.1, 0.15) is 0 Å². The van der Waals surface area contributed by atoms with Crippen LogP contribution in [0.15, 0.2) is 24.3 Å². The van der Waals surface area contributed by atoms with Crippen molar-refractivity contribution in [2.75, 3.05) is 7.11 Å². The minimum absolute atomic E-state index is 0.247. The van der Waals surface area contributed by atoms with Gasteiger partial charge in [0.15, 0.2) is 0 Å². The van der Waals surface area contributed by atoms with Crippen LogP contribution >= 0.6 is 0 Å². The maximum absolute atomic E-state index is 11.1. The molecule has 0 aromatic heterocycles. The zero-order valence-corrected chi connectivity index (χ0v) is 7.80. The van der Waals surface area contributed by atoms with Crippen molar-refractivity contribution in [3.05, 3.63) is 24.3 Å². The summed E-state index contributed by atoms with van der Waals surface area (Å²) in [6, 6.07) is 0. The Bertz CT molecular complexity index is 180. The Kier molecular flexibility index (Phi) is 6.07. The van der Waals surface area contributed by atoms with Crippen LogP contribution in [0.4, 0.5) is 0 Å². The topological polar surface area (TPSA) is 26.3 Å². The van der Waals surface area contributed by atoms with Crippen molar-refractivity contribution < 1.29 is 9.53 Å². The van der Waals surface area contributed by atoms with Crippen molar-refractivity contribution >= 4 is 5.97 Å². The van der Waals surface area contributed by atoms with Crippen LogP contribution in [0.3, 0.4) is 0 Å². The van der Waals surface area contributed by atoms with Crippen LogP contribution in [0.5, 0.6) is 0 Å². The molecule has 0 saturated carbocycles. The van der Waals surface area contributed by atoms with Crippen LogP contribution in [0, 0.1) is 0 Å². The van der Waals surface area contributed by atoms with E-state index in [0.29, 0.717) is 5.57 Å². The summed E-state index contributed by atoms with van der Waals surface area (Å²) in [5.74, 6) is -0.247. The average molecular weight is 168 g/mol. The molecule has 0 spiro atoms. The third-order valence-electron chi connectivity index (χ3n) is 1.57. The summed E-state index contributed by atoms with van der Waals surface area (Å²) in [7, 11) is 1.39. The van der Waals surface area contributed by atoms with Gasteiger partial charge < -0.3 is 4.74 Å². The lowest BCUT2D eigenvalue weighted by Crippen LogP contribution is -2.04. The second-order valence-electron chi connectivity index (χ2n) is 2.52. The zero-order chi connectivity index (χ0) is 9.40. The molecule has 0 aromatic rings. The Hall–Kier alpha value is -1.05. The molecule has 12 heavy (non-hydrogen) atoms. The number of hydrogen-bond donors (Lipinski definition) is 0. The fourth-order valence-electron chi connectivity index (χ4n) is 0.894. The van der Waals surface area contributed by atoms with Gasteiger partial charge in [0.25, 0.3) is 0 Å². The van der Waals surface area contributed by atoms with Crippen LogP contribution in [0.1, 0.15) is 26.2 Å². The molecule has 0 heterocycles. The third-order valence-corrected chi connectivity index (χ3v) is 1.57. The number of methoxy groups -OCH3 is 1. The van der Waals surface area contributed by atoms with Crippen molar-refractivity contribution in [3.8, 4) is 0 Å². The summed E-state index contributed by atoms with van der Waals surface area (Å²) in [5.41, 5.74) is 0.703. The number of rotatable bonds is 5. The summed E-state index contributed by atoms with van der Waals surface area (Å²) in [6.45, 7) is 5.63. The van der Waals surface area contributed by atoms with Crippen LogP contribution in [-0.2, 0) is 9.53 Å². The third kappa shape index (κ3) is 3.96. The van der Waals surface area contributed by atoms with Gasteiger partial charge in [-0.25, -0.2) is 4.79 Å². The predicted octanol–water partition coefficient (Wildman–Crippen LogP) is 2.46. The molecule has 2 nitrogen and oxygen atoms in total. The number of carbonyl (C=O) groups is 1. The molecular formula is C10H16O2. The first-order valence-corrected chi connectivity index (χ1v) is 4.16. The van der Waals surface area contributed by atoms with E-state index in [0.717, 1.165) is 19.3 Å². The molecule has 68 valence electrons. The second kappa shape index (κ2) is 6.65. The van der Waals surface area contributed by atoms with E-state index < -0.39 is 0 Å². The van der Waals surface area contributed by atoms with E-state index >= 15 is 0 Å². The Morgan fingerprint density at radius 3 is 2.67 bits per heavy atom. The van der Waals surface area contributed by atoms with Gasteiger partial charge >= 0.3 is 5.97 Å². The van der Waals surface area contributed by atoms with E-state index in [2.05, 4.69) is 18.2 Å². The molecule has 2 heteroatoms. The van der Waals surface area contributed by atoms with Crippen molar-refractivity contribution in [1.29, 1.82) is 0 Å². The van der Waals surface area contributed by atoms with Gasteiger partial charge in [-0.3, -0.25) is 0 Å². The van der Waals surface area contributed by atoms with Gasteiger partial charge in [0.2, 0.25) is 0 Å². The molecule has 0 rings (SSSR count). The highest BCUT2D eigenvalue weighted by Crippen LogP contribution is 2.08. The summed E-state index contributed by atoms with van der Waals surface area (Å²) in [5, 5.41) is 0. The second-order valence-corrected chi connectivity index (χ2v) is 2.52. The quantitative estimate of drug-likeness (QED) is 0.358. The van der Waals surface area contributed by atoms with Gasteiger partial charge in [-0.05, 0) is 12.8 Å². The Morgan fingerprint density at radius 2 is 2.25 bits per heavy atom. The molecule has 0 atom stereocenters. The number of unbranched alkanes of at least 4 members (excludes halogenated alkanes) is 1. The molecule has 0 unspecified atom stereocenters. The van der Waals surface area contributed by atoms with Gasteiger partial charge in [-0.1, -0.05) is 32.1 Å². The normalized spacial score (nSPS) is 11.0. The van der Waals surface area contributed by atoms with E-state index in [1.54, 1.807) is 12.2 Å². The van der Waals surface area contributed by atoms with Crippen molar-refractivity contribution in [3.63, 3.8) is 0 Å². The van der Waals surface area contributed by atoms with E-state index in [-0.39, 0.29) is 5.97 Å². The molecular weight excluding hydrogens is 152 g/mol. The van der Waals surface area contributed by atoms with E-state index in [9.17, 15) is 4.79 Å². The standard InChI is InChI=1S/C10H16O2/c1-4-6-8-9(7-5-2)10(11)12-3/h5,7H,2,4,6,8H2,1,3H3. The highest BCUT2D eigenvalue weighted by Gasteiger charge is 2.06. The zero-order valence-electron chi connectivity index (χ0n) is 7.80. The SMILES string of the molecule is C=CC=C(CCCC)C(=O)OC. The largest absolute Gasteiger partial charge is 0.466 e. The summed E-state index contributed by atoms with van der Waals surface area (Å²) < 4.78 is 4.61. The van der Waals surface area contributed by atoms with Crippen LogP contribution in [0.25, 0.3) is 0 Å². The number of hydrogen-bond acceptors (Lipinski definition) is 2. The molecule has 0 radical (unpaired) electrons. The molecule has 0 aliphatic rings. The number of allylic oxidation sites excluding steroid dienone is 2. The maximum Gasteiger partial charge on any atom is 0.333 e. The highest BCUT2D eigenvalue weighted by atomic mass is 16.5. The van der Waals surface area contributed by atoms with Crippen molar-refractivity contribution in [2.24, 2.45) is 0 Å². The van der Waals surface area contributed by atoms with E-state index in [4.69, 9.17) is 0 Å². The summed E-state index contributed by atoms with van der Waals surface area (Å²) in [4.78, 5) is 11.1. The maximum atomic E-state index is 11.1. The monoisotopic (exact) mass is 168 g/mol. The Labute approximate surface area is 73.9 Å². The van der Waals surface area contributed by atoms with Gasteiger partial charge in [0, 0.05) is 5.57 Å². The minimum Gasteiger partial charge on any atom is -0.466 e. The van der Waals surface area contributed by atoms with Crippen LogP contribution in [-0.4, -0.2) is 13.1 Å². The van der Waals surface area contributed by atoms with Crippen LogP contribution in [0.2, 0.25) is 0 Å². The summed E-state index contributed by atoms with van der Waals surface area (Å²) in [6.07, 6.45) is 6.18. The van der Waals surface area contributed by atoms with Gasteiger partial charge in [-0.2, -0.15) is 0 Å². The molecule has 0 bridgehead atoms. The molecule has 0 saturated heterocycles. The number of ether oxygens (including phenoxy) is 1. The first-order valence-electron chi connectivity index (χ1n) is 4.16. The van der Waals surface area contributed by atoms with Crippen LogP contribution < -0.4 is 0 Å². The first-order chi connectivity index (χ1) is 5.76. The smallest absolute Gasteiger partial charge is 0.333 e. The molecule has 0 aromatic carbocycles. The van der Waals surface area contributed by atoms with Gasteiger partial charge in [0.05, 0.1) is 7.11 Å². The number of carbonyl (C=O) groups excluding carboxylic acids is 1. The minimum atomic E-state index is -0.247. The summed E-state index contributed by atoms with van der Waals surface area (Å²) >= 11 is 0. The first kappa shape index (κ1) is 11.0. The van der Waals surface area contributed by atoms with E-state index in [1.807, 2.05) is 0 Å². The van der Waals surface area contributed by atoms with Crippen molar-refractivity contribution in [2.45, 2.75) is 26.2 Å². The van der Waals surface area contributed by atoms with Crippen molar-refractivity contribution in [1.82, 2.24) is 0 Å². The lowest BCUT2D eigenvalue weighted by molar-refractivity contribution is -0.136. The van der Waals surface area contributed by atoms with E-state index in [1.165, 1.54) is 7.11 Å². The highest BCUT2D eigenvalue weighted by molar-refractivity contribution is 5.88. The fraction of sp³-hybridized carbons (Fsp3) is 0.500. The fourth-order valence-corrected chi connectivity index (χ4v) is 0.894.